The number of phenols is 1. The van der Waals surface area contributed by atoms with Gasteiger partial charge in [0.15, 0.2) is 0 Å². The van der Waals surface area contributed by atoms with Crippen LogP contribution in [0.4, 0.5) is 4.39 Å². The van der Waals surface area contributed by atoms with Crippen LogP contribution in [0, 0.1) is 5.82 Å². The molecule has 3 heteroatoms. The van der Waals surface area contributed by atoms with Crippen LogP contribution in [0.3, 0.4) is 0 Å². The number of halogens is 1. The number of hydrogen-bond donors (Lipinski definition) is 2. The van der Waals surface area contributed by atoms with Crippen LogP contribution in [-0.2, 0) is 12.8 Å². The minimum Gasteiger partial charge on any atom is -0.508 e. The first-order valence-corrected chi connectivity index (χ1v) is 5.91. The van der Waals surface area contributed by atoms with Gasteiger partial charge in [-0.05, 0) is 48.2 Å². The van der Waals surface area contributed by atoms with E-state index in [2.05, 4.69) is 0 Å². The second-order valence-electron chi connectivity index (χ2n) is 4.46. The number of hydrogen-bond acceptors (Lipinski definition) is 2. The summed E-state index contributed by atoms with van der Waals surface area (Å²) in [6.45, 7) is 0. The zero-order valence-corrected chi connectivity index (χ0v) is 10.0. The second-order valence-corrected chi connectivity index (χ2v) is 4.46. The quantitative estimate of drug-likeness (QED) is 0.869. The van der Waals surface area contributed by atoms with Crippen molar-refractivity contribution in [1.29, 1.82) is 0 Å². The fourth-order valence-electron chi connectivity index (χ4n) is 1.98. The number of phenolic OH excluding ortho intramolecular Hbond substituents is 1. The standard InChI is InChI=1S/C15H16FNO/c16-13-6-4-11(5-7-13)8-14(17)9-12-2-1-3-15(18)10-12/h1-7,10,14,18H,8-9,17H2. The average Bonchev–Trinajstić information content (AvgIpc) is 2.32. The zero-order chi connectivity index (χ0) is 13.0. The Morgan fingerprint density at radius 1 is 1.00 bits per heavy atom. The molecule has 0 radical (unpaired) electrons. The van der Waals surface area contributed by atoms with Crippen LogP contribution in [0.25, 0.3) is 0 Å². The van der Waals surface area contributed by atoms with Crippen molar-refractivity contribution in [1.82, 2.24) is 0 Å². The van der Waals surface area contributed by atoms with Crippen molar-refractivity contribution in [2.75, 3.05) is 0 Å². The van der Waals surface area contributed by atoms with E-state index in [1.54, 1.807) is 30.3 Å². The highest BCUT2D eigenvalue weighted by Gasteiger charge is 2.06. The molecule has 0 saturated carbocycles. The lowest BCUT2D eigenvalue weighted by Gasteiger charge is -2.12. The lowest BCUT2D eigenvalue weighted by molar-refractivity contribution is 0.474. The van der Waals surface area contributed by atoms with E-state index in [-0.39, 0.29) is 17.6 Å². The molecule has 2 aromatic rings. The molecule has 18 heavy (non-hydrogen) atoms. The van der Waals surface area contributed by atoms with E-state index in [0.717, 1.165) is 11.1 Å². The number of aromatic hydroxyl groups is 1. The van der Waals surface area contributed by atoms with E-state index >= 15 is 0 Å². The van der Waals surface area contributed by atoms with Crippen molar-refractivity contribution >= 4 is 0 Å². The molecular weight excluding hydrogens is 229 g/mol. The minimum atomic E-state index is -0.236. The molecule has 1 atom stereocenters. The van der Waals surface area contributed by atoms with Crippen molar-refractivity contribution in [3.63, 3.8) is 0 Å². The predicted molar refractivity (Wildman–Crippen MR) is 69.9 cm³/mol. The molecule has 0 amide bonds. The molecule has 2 rings (SSSR count). The van der Waals surface area contributed by atoms with Crippen molar-refractivity contribution in [2.45, 2.75) is 18.9 Å². The van der Waals surface area contributed by atoms with Gasteiger partial charge in [-0.3, -0.25) is 0 Å². The van der Waals surface area contributed by atoms with Gasteiger partial charge in [0.25, 0.3) is 0 Å². The summed E-state index contributed by atoms with van der Waals surface area (Å²) in [4.78, 5) is 0. The minimum absolute atomic E-state index is 0.0442. The number of rotatable bonds is 4. The fraction of sp³-hybridized carbons (Fsp3) is 0.200. The van der Waals surface area contributed by atoms with Gasteiger partial charge in [-0.1, -0.05) is 24.3 Å². The van der Waals surface area contributed by atoms with E-state index in [1.807, 2.05) is 6.07 Å². The highest BCUT2D eigenvalue weighted by molar-refractivity contribution is 5.28. The van der Waals surface area contributed by atoms with Crippen LogP contribution in [0.5, 0.6) is 5.75 Å². The Kier molecular flexibility index (Phi) is 3.95. The van der Waals surface area contributed by atoms with Crippen molar-refractivity contribution < 1.29 is 9.50 Å². The van der Waals surface area contributed by atoms with Crippen molar-refractivity contribution in [2.24, 2.45) is 5.73 Å². The van der Waals surface area contributed by atoms with Gasteiger partial charge in [-0.15, -0.1) is 0 Å². The molecule has 3 N–H and O–H groups in total. The molecule has 1 unspecified atom stereocenters. The molecule has 2 aromatic carbocycles. The van der Waals surface area contributed by atoms with Crippen LogP contribution in [0.15, 0.2) is 48.5 Å². The molecule has 0 aliphatic heterocycles. The van der Waals surface area contributed by atoms with Gasteiger partial charge >= 0.3 is 0 Å². The maximum atomic E-state index is 12.8. The molecule has 0 fully saturated rings. The molecular formula is C15H16FNO. The van der Waals surface area contributed by atoms with Crippen LogP contribution in [0.2, 0.25) is 0 Å². The molecule has 0 bridgehead atoms. The lowest BCUT2D eigenvalue weighted by Crippen LogP contribution is -2.25. The Morgan fingerprint density at radius 3 is 2.33 bits per heavy atom. The summed E-state index contributed by atoms with van der Waals surface area (Å²) in [5.41, 5.74) is 8.07. The van der Waals surface area contributed by atoms with Crippen LogP contribution < -0.4 is 5.73 Å². The average molecular weight is 245 g/mol. The van der Waals surface area contributed by atoms with Crippen LogP contribution in [-0.4, -0.2) is 11.1 Å². The first-order chi connectivity index (χ1) is 8.63. The van der Waals surface area contributed by atoms with E-state index < -0.39 is 0 Å². The van der Waals surface area contributed by atoms with Gasteiger partial charge in [0, 0.05) is 6.04 Å². The smallest absolute Gasteiger partial charge is 0.123 e. The highest BCUT2D eigenvalue weighted by atomic mass is 19.1. The summed E-state index contributed by atoms with van der Waals surface area (Å²) in [6.07, 6.45) is 1.38. The molecule has 0 spiro atoms. The summed E-state index contributed by atoms with van der Waals surface area (Å²) < 4.78 is 12.8. The molecule has 0 aliphatic rings. The van der Waals surface area contributed by atoms with Gasteiger partial charge in [-0.2, -0.15) is 0 Å². The van der Waals surface area contributed by atoms with E-state index in [4.69, 9.17) is 5.73 Å². The van der Waals surface area contributed by atoms with Gasteiger partial charge < -0.3 is 10.8 Å². The molecule has 94 valence electrons. The summed E-state index contributed by atoms with van der Waals surface area (Å²) in [5, 5.41) is 9.36. The van der Waals surface area contributed by atoms with Gasteiger partial charge in [0.1, 0.15) is 11.6 Å². The Bertz CT molecular complexity index is 510. The lowest BCUT2D eigenvalue weighted by atomic mass is 10.00. The first kappa shape index (κ1) is 12.6. The first-order valence-electron chi connectivity index (χ1n) is 5.91. The summed E-state index contributed by atoms with van der Waals surface area (Å²) >= 11 is 0. The van der Waals surface area contributed by atoms with Crippen LogP contribution in [0.1, 0.15) is 11.1 Å². The molecule has 0 heterocycles. The monoisotopic (exact) mass is 245 g/mol. The Labute approximate surface area is 106 Å². The molecule has 0 saturated heterocycles. The zero-order valence-electron chi connectivity index (χ0n) is 10.0. The van der Waals surface area contributed by atoms with Gasteiger partial charge in [0.05, 0.1) is 0 Å². The van der Waals surface area contributed by atoms with E-state index in [1.165, 1.54) is 12.1 Å². The molecule has 0 aliphatic carbocycles. The predicted octanol–water partition coefficient (Wildman–Crippen LogP) is 2.64. The van der Waals surface area contributed by atoms with Gasteiger partial charge in [-0.25, -0.2) is 4.39 Å². The van der Waals surface area contributed by atoms with E-state index in [9.17, 15) is 9.50 Å². The Hall–Kier alpha value is -1.87. The maximum absolute atomic E-state index is 12.8. The summed E-state index contributed by atoms with van der Waals surface area (Å²) in [5.74, 6) is 0.0155. The fourth-order valence-corrected chi connectivity index (χ4v) is 1.98. The van der Waals surface area contributed by atoms with Crippen molar-refractivity contribution in [3.8, 4) is 5.75 Å². The van der Waals surface area contributed by atoms with Crippen molar-refractivity contribution in [3.05, 3.63) is 65.5 Å². The van der Waals surface area contributed by atoms with E-state index in [0.29, 0.717) is 12.8 Å². The maximum Gasteiger partial charge on any atom is 0.123 e. The number of benzene rings is 2. The molecule has 0 aromatic heterocycles. The number of nitrogens with two attached hydrogens (primary N) is 1. The summed E-state index contributed by atoms with van der Waals surface area (Å²) in [6, 6.07) is 13.4. The third kappa shape index (κ3) is 3.57. The molecule has 2 nitrogen and oxygen atoms in total. The normalized spacial score (nSPS) is 12.3. The Balaban J connectivity index is 1.96. The topological polar surface area (TPSA) is 46.2 Å². The van der Waals surface area contributed by atoms with Crippen LogP contribution >= 0.6 is 0 Å². The largest absolute Gasteiger partial charge is 0.508 e. The second kappa shape index (κ2) is 5.65. The third-order valence-electron chi connectivity index (χ3n) is 2.82. The third-order valence-corrected chi connectivity index (χ3v) is 2.82. The Morgan fingerprint density at radius 2 is 1.67 bits per heavy atom. The summed E-state index contributed by atoms with van der Waals surface area (Å²) in [7, 11) is 0. The highest BCUT2D eigenvalue weighted by Crippen LogP contribution is 2.14. The van der Waals surface area contributed by atoms with Gasteiger partial charge in [0.2, 0.25) is 0 Å². The SMILES string of the molecule is NC(Cc1ccc(F)cc1)Cc1cccc(O)c1.